The van der Waals surface area contributed by atoms with Crippen LogP contribution >= 0.6 is 23.7 Å². The number of hydrogen-bond acceptors (Lipinski definition) is 4. The number of likely N-dealkylation sites (tertiary alicyclic amines) is 1. The summed E-state index contributed by atoms with van der Waals surface area (Å²) in [6.07, 6.45) is 4.49. The van der Waals surface area contributed by atoms with Crippen LogP contribution in [0.15, 0.2) is 11.6 Å². The van der Waals surface area contributed by atoms with Gasteiger partial charge in [-0.15, -0.1) is 23.7 Å². The largest absolute Gasteiger partial charge is 0.329 e. The van der Waals surface area contributed by atoms with Crippen LogP contribution in [0.5, 0.6) is 0 Å². The van der Waals surface area contributed by atoms with Crippen molar-refractivity contribution >= 4 is 23.7 Å². The lowest BCUT2D eigenvalue weighted by molar-refractivity contribution is 0.0990. The summed E-state index contributed by atoms with van der Waals surface area (Å²) in [7, 11) is 0. The minimum absolute atomic E-state index is 0. The van der Waals surface area contributed by atoms with E-state index in [-0.39, 0.29) is 12.4 Å². The van der Waals surface area contributed by atoms with Gasteiger partial charge in [-0.3, -0.25) is 4.90 Å². The van der Waals surface area contributed by atoms with E-state index in [1.165, 1.54) is 24.4 Å². The first kappa shape index (κ1) is 13.9. The van der Waals surface area contributed by atoms with Gasteiger partial charge in [0.2, 0.25) is 0 Å². The zero-order valence-electron chi connectivity index (χ0n) is 9.63. The zero-order chi connectivity index (χ0) is 10.7. The van der Waals surface area contributed by atoms with Crippen molar-refractivity contribution in [2.45, 2.75) is 32.4 Å². The summed E-state index contributed by atoms with van der Waals surface area (Å²) < 4.78 is 0. The summed E-state index contributed by atoms with van der Waals surface area (Å²) in [5, 5.41) is 3.25. The summed E-state index contributed by atoms with van der Waals surface area (Å²) in [6.45, 7) is 5.23. The molecule has 3 nitrogen and oxygen atoms in total. The van der Waals surface area contributed by atoms with Crippen LogP contribution in [0.2, 0.25) is 0 Å². The first-order valence-electron chi connectivity index (χ1n) is 5.63. The van der Waals surface area contributed by atoms with Crippen molar-refractivity contribution in [1.29, 1.82) is 0 Å². The number of nitrogens with two attached hydrogens (primary N) is 1. The number of piperidine rings is 1. The molecule has 16 heavy (non-hydrogen) atoms. The van der Waals surface area contributed by atoms with Crippen molar-refractivity contribution in [2.75, 3.05) is 13.1 Å². The normalized spacial score (nSPS) is 26.4. The molecule has 2 unspecified atom stereocenters. The fourth-order valence-electron chi connectivity index (χ4n) is 2.42. The Hall–Kier alpha value is -0.160. The second-order valence-electron chi connectivity index (χ2n) is 4.32. The monoisotopic (exact) mass is 261 g/mol. The molecule has 2 atom stereocenters. The van der Waals surface area contributed by atoms with E-state index in [0.29, 0.717) is 6.04 Å². The standard InChI is InChI=1S/C11H19N3S.ClH/c1-9-3-2-5-14(10(9)7-12)8-11-13-4-6-15-11;/h4,6,9-10H,2-3,5,7-8,12H2,1H3;1H. The second-order valence-corrected chi connectivity index (χ2v) is 5.30. The Morgan fingerprint density at radius 1 is 1.62 bits per heavy atom. The molecular weight excluding hydrogens is 242 g/mol. The van der Waals surface area contributed by atoms with E-state index < -0.39 is 0 Å². The first-order valence-corrected chi connectivity index (χ1v) is 6.51. The molecule has 1 fully saturated rings. The predicted molar refractivity (Wildman–Crippen MR) is 71.0 cm³/mol. The third-order valence-electron chi connectivity index (χ3n) is 3.29. The highest BCUT2D eigenvalue weighted by Crippen LogP contribution is 2.24. The van der Waals surface area contributed by atoms with Crippen LogP contribution in [0.3, 0.4) is 0 Å². The van der Waals surface area contributed by atoms with Gasteiger partial charge in [-0.25, -0.2) is 4.98 Å². The zero-order valence-corrected chi connectivity index (χ0v) is 11.3. The van der Waals surface area contributed by atoms with Gasteiger partial charge < -0.3 is 5.73 Å². The molecule has 1 aliphatic heterocycles. The Labute approximate surface area is 107 Å². The van der Waals surface area contributed by atoms with Gasteiger partial charge in [-0.1, -0.05) is 6.92 Å². The van der Waals surface area contributed by atoms with Crippen molar-refractivity contribution in [3.8, 4) is 0 Å². The molecule has 0 aromatic carbocycles. The van der Waals surface area contributed by atoms with Crippen molar-refractivity contribution in [2.24, 2.45) is 11.7 Å². The quantitative estimate of drug-likeness (QED) is 0.906. The van der Waals surface area contributed by atoms with E-state index >= 15 is 0 Å². The van der Waals surface area contributed by atoms with Crippen LogP contribution in [0.4, 0.5) is 0 Å². The topological polar surface area (TPSA) is 42.2 Å². The van der Waals surface area contributed by atoms with Gasteiger partial charge >= 0.3 is 0 Å². The molecule has 0 bridgehead atoms. The maximum absolute atomic E-state index is 5.85. The fraction of sp³-hybridized carbons (Fsp3) is 0.727. The number of nitrogens with zero attached hydrogens (tertiary/aromatic N) is 2. The molecule has 1 aromatic rings. The maximum Gasteiger partial charge on any atom is 0.107 e. The molecule has 2 rings (SSSR count). The average Bonchev–Trinajstić information content (AvgIpc) is 2.71. The SMILES string of the molecule is CC1CCCN(Cc2nccs2)C1CN.Cl. The molecule has 1 saturated heterocycles. The summed E-state index contributed by atoms with van der Waals surface area (Å²) >= 11 is 1.74. The van der Waals surface area contributed by atoms with E-state index in [1.54, 1.807) is 11.3 Å². The summed E-state index contributed by atoms with van der Waals surface area (Å²) in [4.78, 5) is 6.83. The molecule has 1 aromatic heterocycles. The first-order chi connectivity index (χ1) is 7.31. The fourth-order valence-corrected chi connectivity index (χ4v) is 3.06. The van der Waals surface area contributed by atoms with Crippen LogP contribution in [-0.4, -0.2) is 29.0 Å². The van der Waals surface area contributed by atoms with Gasteiger partial charge in [-0.2, -0.15) is 0 Å². The molecule has 2 N–H and O–H groups in total. The molecule has 1 aliphatic rings. The van der Waals surface area contributed by atoms with Crippen LogP contribution in [-0.2, 0) is 6.54 Å². The maximum atomic E-state index is 5.85. The van der Waals surface area contributed by atoms with E-state index in [1.807, 2.05) is 11.6 Å². The molecule has 0 aliphatic carbocycles. The summed E-state index contributed by atoms with van der Waals surface area (Å²) in [6, 6.07) is 0.544. The van der Waals surface area contributed by atoms with Crippen LogP contribution in [0.25, 0.3) is 0 Å². The van der Waals surface area contributed by atoms with Crippen LogP contribution < -0.4 is 5.73 Å². The number of aromatic nitrogens is 1. The van der Waals surface area contributed by atoms with Crippen LogP contribution in [0, 0.1) is 5.92 Å². The van der Waals surface area contributed by atoms with E-state index in [9.17, 15) is 0 Å². The number of hydrogen-bond donors (Lipinski definition) is 1. The molecule has 0 spiro atoms. The average molecular weight is 262 g/mol. The Bertz CT molecular complexity index is 291. The molecular formula is C11H20ClN3S. The molecule has 5 heteroatoms. The van der Waals surface area contributed by atoms with Crippen molar-refractivity contribution in [3.05, 3.63) is 16.6 Å². The van der Waals surface area contributed by atoms with Crippen LogP contribution in [0.1, 0.15) is 24.8 Å². The molecule has 0 amide bonds. The lowest BCUT2D eigenvalue weighted by Crippen LogP contribution is -2.47. The Morgan fingerprint density at radius 2 is 2.44 bits per heavy atom. The molecule has 92 valence electrons. The van der Waals surface area contributed by atoms with Gasteiger partial charge in [0.25, 0.3) is 0 Å². The lowest BCUT2D eigenvalue weighted by atomic mass is 9.91. The van der Waals surface area contributed by atoms with Gasteiger partial charge in [0.1, 0.15) is 5.01 Å². The third kappa shape index (κ3) is 3.17. The predicted octanol–water partition coefficient (Wildman–Crippen LogP) is 2.12. The highest BCUT2D eigenvalue weighted by molar-refractivity contribution is 7.09. The van der Waals surface area contributed by atoms with Gasteiger partial charge in [0.05, 0.1) is 6.54 Å². The number of rotatable bonds is 3. The van der Waals surface area contributed by atoms with E-state index in [2.05, 4.69) is 16.8 Å². The lowest BCUT2D eigenvalue weighted by Gasteiger charge is -2.38. The van der Waals surface area contributed by atoms with Crippen molar-refractivity contribution < 1.29 is 0 Å². The Balaban J connectivity index is 0.00000128. The molecule has 0 saturated carbocycles. The van der Waals surface area contributed by atoms with E-state index in [0.717, 1.165) is 19.0 Å². The molecule has 2 heterocycles. The van der Waals surface area contributed by atoms with Gasteiger partial charge in [0.15, 0.2) is 0 Å². The number of thiazole rings is 1. The summed E-state index contributed by atoms with van der Waals surface area (Å²) in [5.74, 6) is 0.726. The minimum Gasteiger partial charge on any atom is -0.329 e. The third-order valence-corrected chi connectivity index (χ3v) is 4.06. The highest BCUT2D eigenvalue weighted by Gasteiger charge is 2.27. The Morgan fingerprint density at radius 3 is 3.06 bits per heavy atom. The summed E-state index contributed by atoms with van der Waals surface area (Å²) in [5.41, 5.74) is 5.85. The molecule has 0 radical (unpaired) electrons. The van der Waals surface area contributed by atoms with Gasteiger partial charge in [0, 0.05) is 24.2 Å². The van der Waals surface area contributed by atoms with Crippen molar-refractivity contribution in [3.63, 3.8) is 0 Å². The Kier molecular flexibility index (Phi) is 5.69. The van der Waals surface area contributed by atoms with Gasteiger partial charge in [-0.05, 0) is 25.3 Å². The highest BCUT2D eigenvalue weighted by atomic mass is 35.5. The number of halogens is 1. The second kappa shape index (κ2) is 6.55. The minimum atomic E-state index is 0. The van der Waals surface area contributed by atoms with Crippen molar-refractivity contribution in [1.82, 2.24) is 9.88 Å². The van der Waals surface area contributed by atoms with E-state index in [4.69, 9.17) is 5.73 Å². The smallest absolute Gasteiger partial charge is 0.107 e.